The van der Waals surface area contributed by atoms with Crippen molar-refractivity contribution in [2.24, 2.45) is 5.41 Å². The van der Waals surface area contributed by atoms with E-state index in [0.717, 1.165) is 6.54 Å². The first-order chi connectivity index (χ1) is 7.36. The van der Waals surface area contributed by atoms with E-state index in [1.807, 2.05) is 18.4 Å². The molecule has 0 fully saturated rings. The molecule has 0 aliphatic heterocycles. The molecule has 1 aromatic heterocycles. The van der Waals surface area contributed by atoms with Crippen LogP contribution in [0.25, 0.3) is 0 Å². The van der Waals surface area contributed by atoms with Crippen LogP contribution in [0.1, 0.15) is 50.1 Å². The van der Waals surface area contributed by atoms with Crippen LogP contribution in [-0.4, -0.2) is 7.05 Å². The van der Waals surface area contributed by atoms with Gasteiger partial charge in [0.05, 0.1) is 0 Å². The van der Waals surface area contributed by atoms with Gasteiger partial charge >= 0.3 is 0 Å². The van der Waals surface area contributed by atoms with Crippen molar-refractivity contribution in [1.29, 1.82) is 0 Å². The van der Waals surface area contributed by atoms with Gasteiger partial charge in [0, 0.05) is 11.4 Å². The Kier molecular flexibility index (Phi) is 2.92. The maximum atomic E-state index is 3.28. The summed E-state index contributed by atoms with van der Waals surface area (Å²) < 4.78 is 0. The zero-order valence-electron chi connectivity index (χ0n) is 11.1. The molecule has 0 saturated carbocycles. The van der Waals surface area contributed by atoms with Crippen LogP contribution in [-0.2, 0) is 18.4 Å². The lowest BCUT2D eigenvalue weighted by Crippen LogP contribution is -2.34. The molecule has 16 heavy (non-hydrogen) atoms. The second-order valence-electron chi connectivity index (χ2n) is 6.50. The van der Waals surface area contributed by atoms with Crippen molar-refractivity contribution in [3.05, 3.63) is 21.4 Å². The molecule has 0 spiro atoms. The lowest BCUT2D eigenvalue weighted by Gasteiger charge is -2.41. The predicted octanol–water partition coefficient (Wildman–Crippen LogP) is 3.72. The fraction of sp³-hybridized carbons (Fsp3) is 0.714. The highest BCUT2D eigenvalue weighted by Crippen LogP contribution is 2.48. The van der Waals surface area contributed by atoms with Crippen LogP contribution in [0.2, 0.25) is 0 Å². The van der Waals surface area contributed by atoms with Gasteiger partial charge in [0.15, 0.2) is 0 Å². The van der Waals surface area contributed by atoms with Crippen LogP contribution in [0.5, 0.6) is 0 Å². The molecule has 1 aliphatic rings. The zero-order chi connectivity index (χ0) is 12.0. The highest BCUT2D eigenvalue weighted by molar-refractivity contribution is 7.10. The molecule has 0 saturated heterocycles. The molecule has 1 nitrogen and oxygen atoms in total. The minimum atomic E-state index is 0.355. The quantitative estimate of drug-likeness (QED) is 0.826. The van der Waals surface area contributed by atoms with Crippen LogP contribution >= 0.6 is 11.3 Å². The van der Waals surface area contributed by atoms with E-state index in [-0.39, 0.29) is 0 Å². The van der Waals surface area contributed by atoms with Crippen LogP contribution in [0.15, 0.2) is 5.38 Å². The Morgan fingerprint density at radius 2 is 2.00 bits per heavy atom. The normalized spacial score (nSPS) is 21.8. The zero-order valence-corrected chi connectivity index (χ0v) is 11.9. The molecule has 0 amide bonds. The summed E-state index contributed by atoms with van der Waals surface area (Å²) in [6.45, 7) is 10.6. The van der Waals surface area contributed by atoms with Crippen LogP contribution in [0, 0.1) is 5.41 Å². The second kappa shape index (κ2) is 3.85. The van der Waals surface area contributed by atoms with Gasteiger partial charge in [-0.15, -0.1) is 11.3 Å². The predicted molar refractivity (Wildman–Crippen MR) is 72.2 cm³/mol. The molecule has 0 radical (unpaired) electrons. The highest BCUT2D eigenvalue weighted by Gasteiger charge is 2.39. The Morgan fingerprint density at radius 1 is 1.31 bits per heavy atom. The number of hydrogen-bond donors (Lipinski definition) is 1. The maximum absolute atomic E-state index is 3.28. The summed E-state index contributed by atoms with van der Waals surface area (Å²) in [4.78, 5) is 1.62. The number of fused-ring (bicyclic) bond motifs is 1. The third-order valence-electron chi connectivity index (χ3n) is 3.54. The third kappa shape index (κ3) is 2.05. The molecule has 1 N–H and O–H groups in total. The number of hydrogen-bond acceptors (Lipinski definition) is 2. The molecule has 1 aliphatic carbocycles. The van der Waals surface area contributed by atoms with E-state index in [2.05, 4.69) is 38.4 Å². The van der Waals surface area contributed by atoms with Gasteiger partial charge in [-0.1, -0.05) is 27.7 Å². The van der Waals surface area contributed by atoms with Gasteiger partial charge in [0.2, 0.25) is 0 Å². The van der Waals surface area contributed by atoms with Crippen molar-refractivity contribution in [2.75, 3.05) is 7.05 Å². The summed E-state index contributed by atoms with van der Waals surface area (Å²) in [6, 6.07) is 0. The second-order valence-corrected chi connectivity index (χ2v) is 7.38. The summed E-state index contributed by atoms with van der Waals surface area (Å²) in [5.74, 6) is 0. The SMILES string of the molecule is CNCc1csc2c1CC(C)(C)CC2(C)C. The molecule has 0 unspecified atom stereocenters. The first-order valence-corrected chi connectivity index (χ1v) is 6.98. The smallest absolute Gasteiger partial charge is 0.0213 e. The Balaban J connectivity index is 2.45. The molecular formula is C14H23NS. The van der Waals surface area contributed by atoms with Gasteiger partial charge in [-0.05, 0) is 47.2 Å². The third-order valence-corrected chi connectivity index (χ3v) is 4.98. The van der Waals surface area contributed by atoms with E-state index in [1.54, 1.807) is 10.4 Å². The Labute approximate surface area is 103 Å². The lowest BCUT2D eigenvalue weighted by atomic mass is 9.65. The van der Waals surface area contributed by atoms with Gasteiger partial charge in [-0.2, -0.15) is 0 Å². The Hall–Kier alpha value is -0.340. The van der Waals surface area contributed by atoms with E-state index in [1.165, 1.54) is 18.4 Å². The molecule has 1 heterocycles. The lowest BCUT2D eigenvalue weighted by molar-refractivity contribution is 0.235. The Bertz CT molecular complexity index is 387. The minimum Gasteiger partial charge on any atom is -0.316 e. The maximum Gasteiger partial charge on any atom is 0.0213 e. The van der Waals surface area contributed by atoms with Crippen LogP contribution in [0.3, 0.4) is 0 Å². The van der Waals surface area contributed by atoms with E-state index < -0.39 is 0 Å². The fourth-order valence-electron chi connectivity index (χ4n) is 3.34. The number of rotatable bonds is 2. The van der Waals surface area contributed by atoms with Gasteiger partial charge < -0.3 is 5.32 Å². The van der Waals surface area contributed by atoms with Crippen molar-refractivity contribution in [2.45, 2.75) is 52.5 Å². The van der Waals surface area contributed by atoms with E-state index in [0.29, 0.717) is 10.8 Å². The van der Waals surface area contributed by atoms with Crippen molar-refractivity contribution >= 4 is 11.3 Å². The van der Waals surface area contributed by atoms with E-state index in [4.69, 9.17) is 0 Å². The van der Waals surface area contributed by atoms with Gasteiger partial charge in [-0.3, -0.25) is 0 Å². The van der Waals surface area contributed by atoms with E-state index >= 15 is 0 Å². The number of nitrogens with one attached hydrogen (secondary N) is 1. The molecular weight excluding hydrogens is 214 g/mol. The average molecular weight is 237 g/mol. The van der Waals surface area contributed by atoms with Gasteiger partial charge in [0.25, 0.3) is 0 Å². The standard InChI is InChI=1S/C14H23NS/c1-13(2)6-11-10(7-15-5)8-16-12(11)14(3,4)9-13/h8,15H,6-7,9H2,1-5H3. The van der Waals surface area contributed by atoms with Crippen molar-refractivity contribution in [3.63, 3.8) is 0 Å². The summed E-state index contributed by atoms with van der Waals surface area (Å²) in [6.07, 6.45) is 2.54. The monoisotopic (exact) mass is 237 g/mol. The summed E-state index contributed by atoms with van der Waals surface area (Å²) >= 11 is 1.96. The van der Waals surface area contributed by atoms with Crippen molar-refractivity contribution in [1.82, 2.24) is 5.32 Å². The van der Waals surface area contributed by atoms with Crippen LogP contribution < -0.4 is 5.32 Å². The number of thiophene rings is 1. The Morgan fingerprint density at radius 3 is 2.62 bits per heavy atom. The average Bonchev–Trinajstić information content (AvgIpc) is 2.46. The minimum absolute atomic E-state index is 0.355. The summed E-state index contributed by atoms with van der Waals surface area (Å²) in [7, 11) is 2.03. The first-order valence-electron chi connectivity index (χ1n) is 6.10. The molecule has 0 atom stereocenters. The largest absolute Gasteiger partial charge is 0.316 e. The van der Waals surface area contributed by atoms with Crippen LogP contribution in [0.4, 0.5) is 0 Å². The van der Waals surface area contributed by atoms with Crippen molar-refractivity contribution in [3.8, 4) is 0 Å². The van der Waals surface area contributed by atoms with Gasteiger partial charge in [-0.25, -0.2) is 0 Å². The topological polar surface area (TPSA) is 12.0 Å². The molecule has 2 heteroatoms. The summed E-state index contributed by atoms with van der Waals surface area (Å²) in [5.41, 5.74) is 3.94. The molecule has 2 rings (SSSR count). The molecule has 0 aromatic carbocycles. The van der Waals surface area contributed by atoms with E-state index in [9.17, 15) is 0 Å². The molecule has 0 bridgehead atoms. The van der Waals surface area contributed by atoms with Gasteiger partial charge in [0.1, 0.15) is 0 Å². The highest BCUT2D eigenvalue weighted by atomic mass is 32.1. The summed E-state index contributed by atoms with van der Waals surface area (Å²) in [5, 5.41) is 5.63. The van der Waals surface area contributed by atoms with Crippen molar-refractivity contribution < 1.29 is 0 Å². The molecule has 90 valence electrons. The fourth-order valence-corrected chi connectivity index (χ4v) is 4.56. The molecule has 1 aromatic rings. The first kappa shape index (κ1) is 12.1.